The molecule has 1 aliphatic heterocycles. The summed E-state index contributed by atoms with van der Waals surface area (Å²) in [6, 6.07) is 6.20. The lowest BCUT2D eigenvalue weighted by atomic mass is 9.97. The fraction of sp³-hybridized carbons (Fsp3) is 0.500. The third-order valence-electron chi connectivity index (χ3n) is 4.16. The molecule has 3 heteroatoms. The van der Waals surface area contributed by atoms with Crippen LogP contribution >= 0.6 is 0 Å². The summed E-state index contributed by atoms with van der Waals surface area (Å²) in [4.78, 5) is 14.9. The number of hydrogen-bond acceptors (Lipinski definition) is 2. The van der Waals surface area contributed by atoms with Crippen LogP contribution < -0.4 is 5.73 Å². The number of amides is 1. The second-order valence-electron chi connectivity index (χ2n) is 5.59. The van der Waals surface area contributed by atoms with E-state index in [-0.39, 0.29) is 5.91 Å². The lowest BCUT2D eigenvalue weighted by Crippen LogP contribution is -2.43. The second kappa shape index (κ2) is 7.28. The second-order valence-corrected chi connectivity index (χ2v) is 5.59. The summed E-state index contributed by atoms with van der Waals surface area (Å²) in [5.74, 6) is 6.00. The molecule has 112 valence electrons. The Hall–Kier alpha value is -1.79. The van der Waals surface area contributed by atoms with Crippen LogP contribution in [0, 0.1) is 18.8 Å². The Balaban J connectivity index is 2.29. The quantitative estimate of drug-likeness (QED) is 0.849. The molecule has 1 amide bonds. The average molecular weight is 284 g/mol. The predicted molar refractivity (Wildman–Crippen MR) is 86.1 cm³/mol. The van der Waals surface area contributed by atoms with E-state index in [9.17, 15) is 4.79 Å². The molecule has 2 N–H and O–H groups in total. The van der Waals surface area contributed by atoms with Gasteiger partial charge in [-0.2, -0.15) is 0 Å². The van der Waals surface area contributed by atoms with Gasteiger partial charge in [-0.15, -0.1) is 0 Å². The van der Waals surface area contributed by atoms with Crippen molar-refractivity contribution in [3.05, 3.63) is 34.9 Å². The number of nitrogens with zero attached hydrogens (tertiary/aromatic N) is 1. The zero-order chi connectivity index (χ0) is 15.2. The Morgan fingerprint density at radius 1 is 1.43 bits per heavy atom. The van der Waals surface area contributed by atoms with Gasteiger partial charge in [-0.3, -0.25) is 4.79 Å². The number of hydrogen-bond donors (Lipinski definition) is 1. The van der Waals surface area contributed by atoms with Crippen LogP contribution in [0.3, 0.4) is 0 Å². The maximum absolute atomic E-state index is 12.9. The van der Waals surface area contributed by atoms with Gasteiger partial charge in [0.25, 0.3) is 5.91 Å². The van der Waals surface area contributed by atoms with Gasteiger partial charge in [0.05, 0.1) is 6.54 Å². The highest BCUT2D eigenvalue weighted by atomic mass is 16.2. The molecule has 1 fully saturated rings. The minimum Gasteiger partial charge on any atom is -0.336 e. The Bertz CT molecular complexity index is 568. The molecule has 0 bridgehead atoms. The van der Waals surface area contributed by atoms with Crippen molar-refractivity contribution in [2.75, 3.05) is 13.1 Å². The standard InChI is InChI=1S/C18H24N2O/c1-3-16-8-4-5-12-20(16)18(21)17-13-15(7-6-11-19)10-9-14(17)2/h9-10,13,16H,3-5,8,11-12,19H2,1-2H3. The minimum absolute atomic E-state index is 0.149. The van der Waals surface area contributed by atoms with Crippen molar-refractivity contribution in [1.82, 2.24) is 4.90 Å². The van der Waals surface area contributed by atoms with Gasteiger partial charge in [0.2, 0.25) is 0 Å². The molecule has 0 radical (unpaired) electrons. The van der Waals surface area contributed by atoms with Gasteiger partial charge in [-0.05, 0) is 50.3 Å². The van der Waals surface area contributed by atoms with E-state index in [0.29, 0.717) is 12.6 Å². The topological polar surface area (TPSA) is 46.3 Å². The van der Waals surface area contributed by atoms with E-state index in [2.05, 4.69) is 18.8 Å². The number of carbonyl (C=O) groups is 1. The molecule has 2 rings (SSSR count). The summed E-state index contributed by atoms with van der Waals surface area (Å²) in [6.45, 7) is 5.35. The summed E-state index contributed by atoms with van der Waals surface area (Å²) in [5.41, 5.74) is 8.06. The molecular formula is C18H24N2O. The van der Waals surface area contributed by atoms with Gasteiger partial charge in [-0.25, -0.2) is 0 Å². The molecule has 1 heterocycles. The van der Waals surface area contributed by atoms with Crippen LogP contribution in [0.2, 0.25) is 0 Å². The number of benzene rings is 1. The smallest absolute Gasteiger partial charge is 0.254 e. The van der Waals surface area contributed by atoms with E-state index < -0.39 is 0 Å². The van der Waals surface area contributed by atoms with Crippen molar-refractivity contribution < 1.29 is 4.79 Å². The first kappa shape index (κ1) is 15.6. The molecule has 0 aliphatic carbocycles. The first-order valence-electron chi connectivity index (χ1n) is 7.78. The third kappa shape index (κ3) is 3.65. The lowest BCUT2D eigenvalue weighted by molar-refractivity contribution is 0.0607. The zero-order valence-corrected chi connectivity index (χ0v) is 13.0. The van der Waals surface area contributed by atoms with Gasteiger partial charge in [0.1, 0.15) is 0 Å². The molecule has 1 aromatic carbocycles. The van der Waals surface area contributed by atoms with Gasteiger partial charge in [0, 0.05) is 23.7 Å². The zero-order valence-electron chi connectivity index (χ0n) is 13.0. The van der Waals surface area contributed by atoms with Crippen molar-refractivity contribution in [2.24, 2.45) is 5.73 Å². The molecular weight excluding hydrogens is 260 g/mol. The van der Waals surface area contributed by atoms with Gasteiger partial charge < -0.3 is 10.6 Å². The van der Waals surface area contributed by atoms with Crippen molar-refractivity contribution in [3.63, 3.8) is 0 Å². The molecule has 1 atom stereocenters. The van der Waals surface area contributed by atoms with E-state index in [4.69, 9.17) is 5.73 Å². The third-order valence-corrected chi connectivity index (χ3v) is 4.16. The maximum atomic E-state index is 12.9. The van der Waals surface area contributed by atoms with Gasteiger partial charge >= 0.3 is 0 Å². The number of aryl methyl sites for hydroxylation is 1. The van der Waals surface area contributed by atoms with E-state index in [0.717, 1.165) is 42.5 Å². The first-order chi connectivity index (χ1) is 10.2. The van der Waals surface area contributed by atoms with E-state index in [1.54, 1.807) is 0 Å². The Morgan fingerprint density at radius 3 is 2.95 bits per heavy atom. The van der Waals surface area contributed by atoms with Crippen LogP contribution in [0.15, 0.2) is 18.2 Å². The van der Waals surface area contributed by atoms with Crippen LogP contribution in [0.25, 0.3) is 0 Å². The summed E-state index contributed by atoms with van der Waals surface area (Å²) in [6.07, 6.45) is 4.47. The Morgan fingerprint density at radius 2 is 2.24 bits per heavy atom. The molecule has 0 spiro atoms. The van der Waals surface area contributed by atoms with Crippen molar-refractivity contribution in [2.45, 2.75) is 45.6 Å². The van der Waals surface area contributed by atoms with Crippen molar-refractivity contribution >= 4 is 5.91 Å². The Labute approximate surface area is 127 Å². The molecule has 1 unspecified atom stereocenters. The summed E-state index contributed by atoms with van der Waals surface area (Å²) in [7, 11) is 0. The number of carbonyl (C=O) groups excluding carboxylic acids is 1. The number of rotatable bonds is 2. The monoisotopic (exact) mass is 284 g/mol. The molecule has 1 aromatic rings. The first-order valence-corrected chi connectivity index (χ1v) is 7.78. The van der Waals surface area contributed by atoms with Gasteiger partial charge in [0.15, 0.2) is 0 Å². The molecule has 0 saturated carbocycles. The highest BCUT2D eigenvalue weighted by Gasteiger charge is 2.26. The van der Waals surface area contributed by atoms with Crippen molar-refractivity contribution in [1.29, 1.82) is 0 Å². The fourth-order valence-corrected chi connectivity index (χ4v) is 2.93. The minimum atomic E-state index is 0.149. The number of likely N-dealkylation sites (tertiary alicyclic amines) is 1. The van der Waals surface area contributed by atoms with Crippen molar-refractivity contribution in [3.8, 4) is 11.8 Å². The normalized spacial score (nSPS) is 18.0. The van der Waals surface area contributed by atoms with Crippen LogP contribution in [0.5, 0.6) is 0 Å². The number of nitrogens with two attached hydrogens (primary N) is 1. The van der Waals surface area contributed by atoms with Gasteiger partial charge in [-0.1, -0.05) is 24.8 Å². The summed E-state index contributed by atoms with van der Waals surface area (Å²) < 4.78 is 0. The summed E-state index contributed by atoms with van der Waals surface area (Å²) in [5, 5.41) is 0. The van der Waals surface area contributed by atoms with Crippen LogP contribution in [-0.2, 0) is 0 Å². The fourth-order valence-electron chi connectivity index (χ4n) is 2.93. The van der Waals surface area contributed by atoms with E-state index in [1.807, 2.05) is 30.0 Å². The molecule has 21 heavy (non-hydrogen) atoms. The van der Waals surface area contributed by atoms with Crippen LogP contribution in [-0.4, -0.2) is 29.9 Å². The summed E-state index contributed by atoms with van der Waals surface area (Å²) >= 11 is 0. The lowest BCUT2D eigenvalue weighted by Gasteiger charge is -2.35. The molecule has 3 nitrogen and oxygen atoms in total. The number of piperidine rings is 1. The molecule has 1 saturated heterocycles. The highest BCUT2D eigenvalue weighted by Crippen LogP contribution is 2.23. The average Bonchev–Trinajstić information content (AvgIpc) is 2.53. The predicted octanol–water partition coefficient (Wildman–Crippen LogP) is 2.71. The molecule has 1 aliphatic rings. The Kier molecular flexibility index (Phi) is 5.41. The molecule has 0 aromatic heterocycles. The SMILES string of the molecule is CCC1CCCCN1C(=O)c1cc(C#CCN)ccc1C. The van der Waals surface area contributed by atoms with E-state index >= 15 is 0 Å². The van der Waals surface area contributed by atoms with Crippen LogP contribution in [0.4, 0.5) is 0 Å². The highest BCUT2D eigenvalue weighted by molar-refractivity contribution is 5.96. The largest absolute Gasteiger partial charge is 0.336 e. The van der Waals surface area contributed by atoms with E-state index in [1.165, 1.54) is 6.42 Å². The maximum Gasteiger partial charge on any atom is 0.254 e. The van der Waals surface area contributed by atoms with Crippen LogP contribution in [0.1, 0.15) is 54.1 Å².